The van der Waals surface area contributed by atoms with Crippen molar-refractivity contribution in [3.8, 4) is 0 Å². The lowest BCUT2D eigenvalue weighted by Gasteiger charge is -2.29. The van der Waals surface area contributed by atoms with Crippen molar-refractivity contribution >= 4 is 0 Å². The van der Waals surface area contributed by atoms with Crippen molar-refractivity contribution in [2.75, 3.05) is 14.2 Å². The van der Waals surface area contributed by atoms with Gasteiger partial charge in [0.25, 0.3) is 0 Å². The Morgan fingerprint density at radius 2 is 1.71 bits per heavy atom. The summed E-state index contributed by atoms with van der Waals surface area (Å²) in [4.78, 5) is 11.2. The van der Waals surface area contributed by atoms with Crippen molar-refractivity contribution in [2.45, 2.75) is 18.5 Å². The maximum atomic E-state index is 5.69. The molecule has 0 fully saturated rings. The number of benzene rings is 2. The second kappa shape index (κ2) is 5.95. The van der Waals surface area contributed by atoms with E-state index in [1.807, 2.05) is 54.6 Å². The van der Waals surface area contributed by atoms with E-state index >= 15 is 0 Å². The molecule has 0 radical (unpaired) electrons. The Kier molecular flexibility index (Phi) is 4.03. The fourth-order valence-corrected chi connectivity index (χ4v) is 2.61. The lowest BCUT2D eigenvalue weighted by Crippen LogP contribution is -2.33. The molecule has 2 unspecified atom stereocenters. The van der Waals surface area contributed by atoms with E-state index in [1.165, 1.54) is 0 Å². The van der Waals surface area contributed by atoms with Gasteiger partial charge >= 0.3 is 0 Å². The lowest BCUT2D eigenvalue weighted by atomic mass is 9.94. The van der Waals surface area contributed by atoms with Crippen LogP contribution in [-0.2, 0) is 31.5 Å². The van der Waals surface area contributed by atoms with Gasteiger partial charge in [0, 0.05) is 31.8 Å². The van der Waals surface area contributed by atoms with Gasteiger partial charge < -0.3 is 9.47 Å². The highest BCUT2D eigenvalue weighted by Crippen LogP contribution is 2.38. The first kappa shape index (κ1) is 14.2. The molecular weight excluding hydrogens is 268 g/mol. The molecule has 1 aliphatic rings. The third kappa shape index (κ3) is 2.59. The summed E-state index contributed by atoms with van der Waals surface area (Å²) in [7, 11) is 3.21. The maximum absolute atomic E-state index is 5.69. The molecule has 1 aliphatic heterocycles. The summed E-state index contributed by atoms with van der Waals surface area (Å²) in [5.41, 5.74) is 2.93. The van der Waals surface area contributed by atoms with E-state index in [-0.39, 0.29) is 0 Å². The number of ether oxygens (including phenoxy) is 2. The van der Waals surface area contributed by atoms with Crippen LogP contribution in [-0.4, -0.2) is 14.2 Å². The Bertz CT molecular complexity index is 599. The molecule has 4 heteroatoms. The minimum atomic E-state index is -0.982. The number of hydrogen-bond donors (Lipinski definition) is 0. The van der Waals surface area contributed by atoms with Gasteiger partial charge in [-0.15, -0.1) is 0 Å². The minimum absolute atomic E-state index is 0.545. The highest BCUT2D eigenvalue weighted by molar-refractivity contribution is 5.32. The molecule has 0 amide bonds. The molecule has 2 atom stereocenters. The van der Waals surface area contributed by atoms with Crippen LogP contribution in [0.3, 0.4) is 0 Å². The highest BCUT2D eigenvalue weighted by atomic mass is 17.3. The summed E-state index contributed by atoms with van der Waals surface area (Å²) in [6, 6.07) is 17.7. The van der Waals surface area contributed by atoms with Crippen molar-refractivity contribution in [2.24, 2.45) is 0 Å². The molecule has 21 heavy (non-hydrogen) atoms. The van der Waals surface area contributed by atoms with Crippen LogP contribution in [0.15, 0.2) is 54.6 Å². The van der Waals surface area contributed by atoms with Crippen molar-refractivity contribution < 1.29 is 19.2 Å². The smallest absolute Gasteiger partial charge is 0.231 e. The highest BCUT2D eigenvalue weighted by Gasteiger charge is 2.40. The maximum Gasteiger partial charge on any atom is 0.231 e. The average molecular weight is 286 g/mol. The molecule has 0 bridgehead atoms. The summed E-state index contributed by atoms with van der Waals surface area (Å²) < 4.78 is 11.1. The molecule has 2 aromatic carbocycles. The predicted octanol–water partition coefficient (Wildman–Crippen LogP) is 3.34. The van der Waals surface area contributed by atoms with Crippen LogP contribution >= 0.6 is 0 Å². The molecule has 1 heterocycles. The number of hydrogen-bond acceptors (Lipinski definition) is 4. The standard InChI is InChI=1S/C17H18O4/c1-18-16-15-11-7-6-8-13(15)12-17(19-2,21-20-16)14-9-4-3-5-10-14/h3-11,16H,12H2,1-2H3. The molecule has 0 aromatic heterocycles. The molecule has 4 nitrogen and oxygen atoms in total. The summed E-state index contributed by atoms with van der Waals surface area (Å²) in [5, 5.41) is 0. The van der Waals surface area contributed by atoms with Gasteiger partial charge in [-0.1, -0.05) is 54.6 Å². The van der Waals surface area contributed by atoms with E-state index in [2.05, 4.69) is 0 Å². The van der Waals surface area contributed by atoms with Crippen LogP contribution in [0.25, 0.3) is 0 Å². The summed E-state index contributed by atoms with van der Waals surface area (Å²) >= 11 is 0. The van der Waals surface area contributed by atoms with E-state index in [0.29, 0.717) is 6.42 Å². The van der Waals surface area contributed by atoms with E-state index in [9.17, 15) is 0 Å². The van der Waals surface area contributed by atoms with E-state index in [4.69, 9.17) is 19.2 Å². The van der Waals surface area contributed by atoms with Crippen LogP contribution in [0.4, 0.5) is 0 Å². The van der Waals surface area contributed by atoms with Crippen molar-refractivity contribution in [1.29, 1.82) is 0 Å². The van der Waals surface area contributed by atoms with Crippen molar-refractivity contribution in [3.05, 3.63) is 71.3 Å². The van der Waals surface area contributed by atoms with E-state index < -0.39 is 12.1 Å². The van der Waals surface area contributed by atoms with E-state index in [1.54, 1.807) is 14.2 Å². The predicted molar refractivity (Wildman–Crippen MR) is 77.2 cm³/mol. The van der Waals surface area contributed by atoms with Gasteiger partial charge in [-0.25, -0.2) is 0 Å². The quantitative estimate of drug-likeness (QED) is 0.811. The molecular formula is C17H18O4. The minimum Gasteiger partial charge on any atom is -0.349 e. The summed E-state index contributed by atoms with van der Waals surface area (Å²) in [6.07, 6.45) is -0.0225. The van der Waals surface area contributed by atoms with Gasteiger partial charge in [-0.2, -0.15) is 9.78 Å². The Labute approximate surface area is 124 Å². The van der Waals surface area contributed by atoms with Gasteiger partial charge in [-0.3, -0.25) is 0 Å². The van der Waals surface area contributed by atoms with Gasteiger partial charge in [0.1, 0.15) is 0 Å². The van der Waals surface area contributed by atoms with Gasteiger partial charge in [-0.05, 0) is 5.56 Å². The van der Waals surface area contributed by atoms with Gasteiger partial charge in [0.2, 0.25) is 12.1 Å². The van der Waals surface area contributed by atoms with Gasteiger partial charge in [0.05, 0.1) is 0 Å². The van der Waals surface area contributed by atoms with Crippen molar-refractivity contribution in [1.82, 2.24) is 0 Å². The lowest BCUT2D eigenvalue weighted by molar-refractivity contribution is -0.474. The largest absolute Gasteiger partial charge is 0.349 e. The monoisotopic (exact) mass is 286 g/mol. The van der Waals surface area contributed by atoms with Crippen LogP contribution in [0.2, 0.25) is 0 Å². The molecule has 0 N–H and O–H groups in total. The summed E-state index contributed by atoms with van der Waals surface area (Å²) in [5.74, 6) is -0.982. The van der Waals surface area contributed by atoms with Crippen LogP contribution in [0.1, 0.15) is 23.0 Å². The fraction of sp³-hybridized carbons (Fsp3) is 0.294. The van der Waals surface area contributed by atoms with Crippen LogP contribution < -0.4 is 0 Å². The molecule has 0 spiro atoms. The zero-order valence-corrected chi connectivity index (χ0v) is 12.1. The second-order valence-corrected chi connectivity index (χ2v) is 4.95. The zero-order valence-electron chi connectivity index (χ0n) is 12.1. The Morgan fingerprint density at radius 1 is 1.00 bits per heavy atom. The van der Waals surface area contributed by atoms with Crippen molar-refractivity contribution in [3.63, 3.8) is 0 Å². The second-order valence-electron chi connectivity index (χ2n) is 4.95. The fourth-order valence-electron chi connectivity index (χ4n) is 2.61. The molecule has 0 saturated heterocycles. The van der Waals surface area contributed by atoms with Crippen LogP contribution in [0, 0.1) is 0 Å². The van der Waals surface area contributed by atoms with Crippen LogP contribution in [0.5, 0.6) is 0 Å². The van der Waals surface area contributed by atoms with Gasteiger partial charge in [0.15, 0.2) is 0 Å². The summed E-state index contributed by atoms with van der Waals surface area (Å²) in [6.45, 7) is 0. The molecule has 0 saturated carbocycles. The molecule has 2 aromatic rings. The molecule has 0 aliphatic carbocycles. The Hall–Kier alpha value is -1.72. The third-order valence-corrected chi connectivity index (χ3v) is 3.76. The Morgan fingerprint density at radius 3 is 2.43 bits per heavy atom. The number of fused-ring (bicyclic) bond motifs is 1. The normalized spacial score (nSPS) is 25.1. The number of rotatable bonds is 3. The number of methoxy groups -OCH3 is 2. The van der Waals surface area contributed by atoms with E-state index in [0.717, 1.165) is 16.7 Å². The third-order valence-electron chi connectivity index (χ3n) is 3.76. The first-order valence-electron chi connectivity index (χ1n) is 6.85. The zero-order chi connectivity index (χ0) is 14.7. The molecule has 110 valence electrons. The molecule has 3 rings (SSSR count). The Balaban J connectivity index is 2.06. The first-order valence-corrected chi connectivity index (χ1v) is 6.85. The SMILES string of the molecule is COC1OOC(OC)(c2ccccc2)Cc2ccccc21. The average Bonchev–Trinajstić information content (AvgIpc) is 2.72. The first-order chi connectivity index (χ1) is 10.3. The topological polar surface area (TPSA) is 36.9 Å².